The van der Waals surface area contributed by atoms with Crippen LogP contribution < -0.4 is 5.73 Å². The summed E-state index contributed by atoms with van der Waals surface area (Å²) in [5, 5.41) is 2.19. The largest absolute Gasteiger partial charge is 0.398 e. The molecule has 4 nitrogen and oxygen atoms in total. The second kappa shape index (κ2) is 5.87. The maximum atomic E-state index is 6.05. The lowest BCUT2D eigenvalue weighted by molar-refractivity contribution is 0.292. The van der Waals surface area contributed by atoms with Crippen LogP contribution >= 0.6 is 11.3 Å². The van der Waals surface area contributed by atoms with Crippen molar-refractivity contribution in [1.29, 1.82) is 0 Å². The normalized spacial score (nSPS) is 11.6. The average Bonchev–Trinajstić information content (AvgIpc) is 3.06. The number of benzene rings is 1. The summed E-state index contributed by atoms with van der Waals surface area (Å²) in [5.41, 5.74) is 10.1. The Morgan fingerprint density at radius 3 is 2.71 bits per heavy atom. The van der Waals surface area contributed by atoms with Gasteiger partial charge in [0.1, 0.15) is 0 Å². The predicted octanol–water partition coefficient (Wildman–Crippen LogP) is 3.49. The van der Waals surface area contributed by atoms with Crippen LogP contribution in [0.2, 0.25) is 0 Å². The van der Waals surface area contributed by atoms with E-state index < -0.39 is 0 Å². The highest BCUT2D eigenvalue weighted by atomic mass is 32.1. The van der Waals surface area contributed by atoms with Crippen molar-refractivity contribution < 1.29 is 0 Å². The Balaban J connectivity index is 1.98. The number of nitrogens with zero attached hydrogens (tertiary/aromatic N) is 3. The molecular weight excluding hydrogens is 280 g/mol. The third-order valence-corrected chi connectivity index (χ3v) is 4.69. The Kier molecular flexibility index (Phi) is 3.94. The van der Waals surface area contributed by atoms with Crippen LogP contribution in [0.15, 0.2) is 35.8 Å². The molecule has 0 aliphatic heterocycles. The van der Waals surface area contributed by atoms with Gasteiger partial charge in [-0.15, -0.1) is 11.3 Å². The first-order chi connectivity index (χ1) is 10.2. The van der Waals surface area contributed by atoms with Gasteiger partial charge in [-0.2, -0.15) is 0 Å². The SMILES string of the molecule is CCN(CC)Cc1csc2nc(-c3ccccc3N)cn12. The zero-order valence-corrected chi connectivity index (χ0v) is 13.2. The molecule has 5 heteroatoms. The van der Waals surface area contributed by atoms with Gasteiger partial charge >= 0.3 is 0 Å². The van der Waals surface area contributed by atoms with Crippen molar-refractivity contribution in [3.05, 3.63) is 41.5 Å². The number of hydrogen-bond acceptors (Lipinski definition) is 4. The lowest BCUT2D eigenvalue weighted by Gasteiger charge is -2.16. The molecule has 0 saturated carbocycles. The number of nitrogen functional groups attached to an aromatic ring is 1. The third-order valence-electron chi connectivity index (χ3n) is 3.80. The van der Waals surface area contributed by atoms with Crippen molar-refractivity contribution >= 4 is 22.0 Å². The number of thiazole rings is 1. The van der Waals surface area contributed by atoms with Gasteiger partial charge in [0.05, 0.1) is 5.69 Å². The number of anilines is 1. The summed E-state index contributed by atoms with van der Waals surface area (Å²) in [5.74, 6) is 0. The van der Waals surface area contributed by atoms with Gasteiger partial charge in [-0.05, 0) is 19.2 Å². The van der Waals surface area contributed by atoms with E-state index in [0.29, 0.717) is 0 Å². The zero-order valence-electron chi connectivity index (χ0n) is 12.4. The molecule has 0 atom stereocenters. The topological polar surface area (TPSA) is 46.6 Å². The molecule has 2 heterocycles. The first-order valence-electron chi connectivity index (χ1n) is 7.25. The van der Waals surface area contributed by atoms with Gasteiger partial charge in [-0.3, -0.25) is 9.30 Å². The highest BCUT2D eigenvalue weighted by molar-refractivity contribution is 7.15. The Morgan fingerprint density at radius 2 is 2.00 bits per heavy atom. The van der Waals surface area contributed by atoms with Gasteiger partial charge in [-0.1, -0.05) is 32.0 Å². The molecule has 21 heavy (non-hydrogen) atoms. The molecule has 0 saturated heterocycles. The van der Waals surface area contributed by atoms with E-state index in [9.17, 15) is 0 Å². The first kappa shape index (κ1) is 14.1. The van der Waals surface area contributed by atoms with E-state index >= 15 is 0 Å². The van der Waals surface area contributed by atoms with Crippen LogP contribution in [0.3, 0.4) is 0 Å². The van der Waals surface area contributed by atoms with E-state index in [1.54, 1.807) is 11.3 Å². The quantitative estimate of drug-likeness (QED) is 0.734. The summed E-state index contributed by atoms with van der Waals surface area (Å²) >= 11 is 1.68. The molecule has 0 radical (unpaired) electrons. The second-order valence-electron chi connectivity index (χ2n) is 5.05. The molecule has 0 unspecified atom stereocenters. The maximum Gasteiger partial charge on any atom is 0.194 e. The van der Waals surface area contributed by atoms with Gasteiger partial charge in [0.2, 0.25) is 0 Å². The number of para-hydroxylation sites is 1. The fourth-order valence-electron chi connectivity index (χ4n) is 2.48. The lowest BCUT2D eigenvalue weighted by atomic mass is 10.1. The Labute approximate surface area is 128 Å². The molecule has 3 rings (SSSR count). The highest BCUT2D eigenvalue weighted by Crippen LogP contribution is 2.27. The Hall–Kier alpha value is -1.85. The molecule has 0 bridgehead atoms. The van der Waals surface area contributed by atoms with Crippen LogP contribution in [0.5, 0.6) is 0 Å². The van der Waals surface area contributed by atoms with Gasteiger partial charge in [0, 0.05) is 35.1 Å². The fourth-order valence-corrected chi connectivity index (χ4v) is 3.34. The summed E-state index contributed by atoms with van der Waals surface area (Å²) in [6.45, 7) is 7.45. The number of hydrogen-bond donors (Lipinski definition) is 1. The standard InChI is InChI=1S/C16H20N4S/c1-3-19(4-2)9-12-11-21-16-18-15(10-20(12)16)13-7-5-6-8-14(13)17/h5-8,10-11H,3-4,9,17H2,1-2H3. The molecule has 1 aromatic carbocycles. The lowest BCUT2D eigenvalue weighted by Crippen LogP contribution is -2.22. The van der Waals surface area contributed by atoms with Crippen LogP contribution in [-0.4, -0.2) is 27.4 Å². The molecule has 0 aliphatic rings. The van der Waals surface area contributed by atoms with E-state index in [-0.39, 0.29) is 0 Å². The monoisotopic (exact) mass is 300 g/mol. The van der Waals surface area contributed by atoms with Crippen molar-refractivity contribution in [2.45, 2.75) is 20.4 Å². The van der Waals surface area contributed by atoms with Gasteiger partial charge in [0.15, 0.2) is 4.96 Å². The van der Waals surface area contributed by atoms with Gasteiger partial charge in [-0.25, -0.2) is 4.98 Å². The molecule has 0 spiro atoms. The number of aromatic nitrogens is 2. The van der Waals surface area contributed by atoms with Crippen LogP contribution in [-0.2, 0) is 6.54 Å². The van der Waals surface area contributed by atoms with Crippen LogP contribution in [0.25, 0.3) is 16.2 Å². The molecule has 0 fully saturated rings. The fraction of sp³-hybridized carbons (Fsp3) is 0.312. The van der Waals surface area contributed by atoms with E-state index in [0.717, 1.165) is 41.5 Å². The Bertz CT molecular complexity index is 740. The van der Waals surface area contributed by atoms with Gasteiger partial charge in [0.25, 0.3) is 0 Å². The molecule has 0 aliphatic carbocycles. The van der Waals surface area contributed by atoms with Crippen LogP contribution in [0, 0.1) is 0 Å². The summed E-state index contributed by atoms with van der Waals surface area (Å²) < 4.78 is 2.19. The van der Waals surface area contributed by atoms with Crippen molar-refractivity contribution in [2.75, 3.05) is 18.8 Å². The third kappa shape index (κ3) is 2.66. The zero-order chi connectivity index (χ0) is 14.8. The minimum Gasteiger partial charge on any atom is -0.398 e. The molecule has 3 aromatic rings. The highest BCUT2D eigenvalue weighted by Gasteiger charge is 2.12. The van der Waals surface area contributed by atoms with E-state index in [1.165, 1.54) is 5.69 Å². The summed E-state index contributed by atoms with van der Waals surface area (Å²) in [6.07, 6.45) is 2.09. The second-order valence-corrected chi connectivity index (χ2v) is 5.89. The Morgan fingerprint density at radius 1 is 1.24 bits per heavy atom. The number of rotatable bonds is 5. The van der Waals surface area contributed by atoms with Crippen LogP contribution in [0.4, 0.5) is 5.69 Å². The predicted molar refractivity (Wildman–Crippen MR) is 89.5 cm³/mol. The smallest absolute Gasteiger partial charge is 0.194 e. The van der Waals surface area contributed by atoms with E-state index in [4.69, 9.17) is 10.7 Å². The van der Waals surface area contributed by atoms with Crippen molar-refractivity contribution in [3.63, 3.8) is 0 Å². The number of imidazole rings is 1. The molecule has 2 N–H and O–H groups in total. The van der Waals surface area contributed by atoms with Crippen molar-refractivity contribution in [2.24, 2.45) is 0 Å². The van der Waals surface area contributed by atoms with E-state index in [2.05, 4.69) is 34.7 Å². The molecular formula is C16H20N4S. The molecule has 2 aromatic heterocycles. The van der Waals surface area contributed by atoms with Gasteiger partial charge < -0.3 is 5.73 Å². The minimum atomic E-state index is 0.772. The number of nitrogens with two attached hydrogens (primary N) is 1. The van der Waals surface area contributed by atoms with Crippen LogP contribution in [0.1, 0.15) is 19.5 Å². The van der Waals surface area contributed by atoms with Crippen molar-refractivity contribution in [3.8, 4) is 11.3 Å². The summed E-state index contributed by atoms with van der Waals surface area (Å²) in [6, 6.07) is 7.88. The summed E-state index contributed by atoms with van der Waals surface area (Å²) in [4.78, 5) is 8.13. The molecule has 0 amide bonds. The first-order valence-corrected chi connectivity index (χ1v) is 8.13. The van der Waals surface area contributed by atoms with Crippen molar-refractivity contribution in [1.82, 2.24) is 14.3 Å². The average molecular weight is 300 g/mol. The minimum absolute atomic E-state index is 0.772. The number of fused-ring (bicyclic) bond motifs is 1. The van der Waals surface area contributed by atoms with E-state index in [1.807, 2.05) is 24.3 Å². The summed E-state index contributed by atoms with van der Waals surface area (Å²) in [7, 11) is 0. The maximum absolute atomic E-state index is 6.05. The molecule has 110 valence electrons.